The van der Waals surface area contributed by atoms with Gasteiger partial charge in [-0.25, -0.2) is 4.79 Å². The number of allylic oxidation sites excluding steroid dienone is 3. The summed E-state index contributed by atoms with van der Waals surface area (Å²) in [6, 6.07) is 16.7. The molecule has 2 aliphatic rings. The van der Waals surface area contributed by atoms with Crippen molar-refractivity contribution in [1.82, 2.24) is 5.32 Å². The minimum Gasteiger partial charge on any atom is -0.508 e. The number of hydrogen-bond acceptors (Lipinski definition) is 5. The number of esters is 1. The van der Waals surface area contributed by atoms with Gasteiger partial charge in [0, 0.05) is 29.3 Å². The number of benzene rings is 2. The smallest absolute Gasteiger partial charge is 0.336 e. The third-order valence-corrected chi connectivity index (χ3v) is 5.73. The van der Waals surface area contributed by atoms with E-state index in [9.17, 15) is 14.7 Å². The molecule has 0 saturated heterocycles. The summed E-state index contributed by atoms with van der Waals surface area (Å²) in [5.41, 5.74) is 4.52. The highest BCUT2D eigenvalue weighted by molar-refractivity contribution is 6.04. The Labute approximate surface area is 169 Å². The van der Waals surface area contributed by atoms with Crippen LogP contribution in [0.5, 0.6) is 5.75 Å². The second kappa shape index (κ2) is 7.59. The largest absolute Gasteiger partial charge is 0.508 e. The van der Waals surface area contributed by atoms with Gasteiger partial charge in [-0.1, -0.05) is 42.5 Å². The number of hydrogen-bond donors (Lipinski definition) is 2. The number of rotatable bonds is 3. The second-order valence-electron chi connectivity index (χ2n) is 7.51. The Kier molecular flexibility index (Phi) is 4.97. The molecule has 2 aromatic carbocycles. The summed E-state index contributed by atoms with van der Waals surface area (Å²) in [6.07, 6.45) is 1.10. The van der Waals surface area contributed by atoms with Crippen LogP contribution in [-0.4, -0.2) is 24.0 Å². The number of dihydropyridines is 1. The molecule has 0 aromatic heterocycles. The van der Waals surface area contributed by atoms with Crippen LogP contribution >= 0.6 is 0 Å². The van der Waals surface area contributed by atoms with Crippen molar-refractivity contribution >= 4 is 11.8 Å². The van der Waals surface area contributed by atoms with Crippen LogP contribution < -0.4 is 5.32 Å². The van der Waals surface area contributed by atoms with Crippen molar-refractivity contribution in [3.8, 4) is 5.75 Å². The fourth-order valence-corrected chi connectivity index (χ4v) is 4.38. The average Bonchev–Trinajstić information content (AvgIpc) is 2.73. The number of carbonyl (C=O) groups is 2. The molecule has 2 aromatic rings. The number of aromatic hydroxyl groups is 1. The lowest BCUT2D eigenvalue weighted by molar-refractivity contribution is -0.136. The number of ketones is 1. The molecule has 5 heteroatoms. The van der Waals surface area contributed by atoms with Crippen molar-refractivity contribution < 1.29 is 19.4 Å². The standard InChI is InChI=1S/C24H23NO4/c1-14-21(24(28)29-2)22(16-8-10-18(26)11-9-16)23-19(25-14)12-17(13-20(23)27)15-6-4-3-5-7-15/h3-11,17,22,25-26H,12-13H2,1-2H3/t17-,22+/m0/s1. The van der Waals surface area contributed by atoms with Crippen LogP contribution in [0.1, 0.15) is 42.7 Å². The summed E-state index contributed by atoms with van der Waals surface area (Å²) in [6.45, 7) is 1.83. The summed E-state index contributed by atoms with van der Waals surface area (Å²) in [7, 11) is 1.34. The van der Waals surface area contributed by atoms with Gasteiger partial charge >= 0.3 is 5.97 Å². The molecule has 4 rings (SSSR count). The predicted molar refractivity (Wildman–Crippen MR) is 109 cm³/mol. The fraction of sp³-hybridized carbons (Fsp3) is 0.250. The molecular weight excluding hydrogens is 366 g/mol. The zero-order valence-corrected chi connectivity index (χ0v) is 16.4. The van der Waals surface area contributed by atoms with Gasteiger partial charge in [-0.15, -0.1) is 0 Å². The Balaban J connectivity index is 1.81. The molecular formula is C24H23NO4. The zero-order valence-electron chi connectivity index (χ0n) is 16.4. The van der Waals surface area contributed by atoms with E-state index in [1.807, 2.05) is 37.3 Å². The number of Topliss-reactive ketones (excluding diaryl/α,β-unsaturated/α-hetero) is 1. The van der Waals surface area contributed by atoms with E-state index < -0.39 is 11.9 Å². The molecule has 148 valence electrons. The first-order valence-electron chi connectivity index (χ1n) is 9.65. The SMILES string of the molecule is COC(=O)C1=C(C)NC2=C(C(=O)C[C@@H](c3ccccc3)C2)[C@@H]1c1ccc(O)cc1. The summed E-state index contributed by atoms with van der Waals surface area (Å²) in [4.78, 5) is 25.9. The van der Waals surface area contributed by atoms with Crippen LogP contribution in [0.3, 0.4) is 0 Å². The zero-order chi connectivity index (χ0) is 20.5. The van der Waals surface area contributed by atoms with E-state index in [0.29, 0.717) is 29.7 Å². The lowest BCUT2D eigenvalue weighted by atomic mass is 9.72. The van der Waals surface area contributed by atoms with Crippen molar-refractivity contribution in [2.75, 3.05) is 7.11 Å². The molecule has 0 saturated carbocycles. The number of phenols is 1. The summed E-state index contributed by atoms with van der Waals surface area (Å²) < 4.78 is 5.02. The summed E-state index contributed by atoms with van der Waals surface area (Å²) in [5.74, 6) is -0.708. The molecule has 0 bridgehead atoms. The van der Waals surface area contributed by atoms with Crippen molar-refractivity contribution in [1.29, 1.82) is 0 Å². The molecule has 1 aliphatic heterocycles. The Morgan fingerprint density at radius 1 is 1.03 bits per heavy atom. The van der Waals surface area contributed by atoms with Gasteiger partial charge in [0.2, 0.25) is 0 Å². The summed E-state index contributed by atoms with van der Waals surface area (Å²) in [5, 5.41) is 13.0. The van der Waals surface area contributed by atoms with E-state index in [1.165, 1.54) is 7.11 Å². The van der Waals surface area contributed by atoms with Crippen molar-refractivity contribution in [3.63, 3.8) is 0 Å². The first-order valence-corrected chi connectivity index (χ1v) is 9.65. The topological polar surface area (TPSA) is 75.6 Å². The van der Waals surface area contributed by atoms with Crippen LogP contribution in [0.15, 0.2) is 77.1 Å². The van der Waals surface area contributed by atoms with Gasteiger partial charge < -0.3 is 15.2 Å². The van der Waals surface area contributed by atoms with E-state index in [-0.39, 0.29) is 17.5 Å². The number of phenolic OH excluding ortho intramolecular Hbond substituents is 1. The average molecular weight is 389 g/mol. The molecule has 1 heterocycles. The maximum atomic E-state index is 13.3. The monoisotopic (exact) mass is 389 g/mol. The van der Waals surface area contributed by atoms with E-state index >= 15 is 0 Å². The van der Waals surface area contributed by atoms with Crippen molar-refractivity contribution in [3.05, 3.63) is 88.3 Å². The van der Waals surface area contributed by atoms with Crippen molar-refractivity contribution in [2.24, 2.45) is 0 Å². The molecule has 0 unspecified atom stereocenters. The number of ether oxygens (including phenoxy) is 1. The molecule has 2 N–H and O–H groups in total. The van der Waals surface area contributed by atoms with Crippen LogP contribution in [0.25, 0.3) is 0 Å². The first-order chi connectivity index (χ1) is 14.0. The number of methoxy groups -OCH3 is 1. The lowest BCUT2D eigenvalue weighted by Gasteiger charge is -2.36. The maximum Gasteiger partial charge on any atom is 0.336 e. The van der Waals surface area contributed by atoms with E-state index in [2.05, 4.69) is 5.32 Å². The highest BCUT2D eigenvalue weighted by Gasteiger charge is 2.41. The highest BCUT2D eigenvalue weighted by atomic mass is 16.5. The molecule has 0 amide bonds. The maximum absolute atomic E-state index is 13.3. The van der Waals surface area contributed by atoms with Gasteiger partial charge in [0.15, 0.2) is 5.78 Å². The second-order valence-corrected chi connectivity index (χ2v) is 7.51. The van der Waals surface area contributed by atoms with Gasteiger partial charge in [0.25, 0.3) is 0 Å². The molecule has 0 radical (unpaired) electrons. The Bertz CT molecular complexity index is 1020. The van der Waals surface area contributed by atoms with Gasteiger partial charge in [0.05, 0.1) is 12.7 Å². The Morgan fingerprint density at radius 2 is 1.72 bits per heavy atom. The fourth-order valence-electron chi connectivity index (χ4n) is 4.38. The highest BCUT2D eigenvalue weighted by Crippen LogP contribution is 2.45. The van der Waals surface area contributed by atoms with Gasteiger partial charge in [-0.3, -0.25) is 4.79 Å². The summed E-state index contributed by atoms with van der Waals surface area (Å²) >= 11 is 0. The van der Waals surface area contributed by atoms with E-state index in [0.717, 1.165) is 16.8 Å². The van der Waals surface area contributed by atoms with Crippen LogP contribution in [0, 0.1) is 0 Å². The number of nitrogens with one attached hydrogen (secondary N) is 1. The quantitative estimate of drug-likeness (QED) is 0.778. The lowest BCUT2D eigenvalue weighted by Crippen LogP contribution is -2.36. The van der Waals surface area contributed by atoms with Crippen molar-refractivity contribution in [2.45, 2.75) is 31.6 Å². The van der Waals surface area contributed by atoms with Crippen LogP contribution in [0.4, 0.5) is 0 Å². The first kappa shape index (κ1) is 19.0. The molecule has 0 spiro atoms. The third-order valence-electron chi connectivity index (χ3n) is 5.73. The Hall–Kier alpha value is -3.34. The molecule has 29 heavy (non-hydrogen) atoms. The van der Waals surface area contributed by atoms with E-state index in [4.69, 9.17) is 4.74 Å². The van der Waals surface area contributed by atoms with Gasteiger partial charge in [-0.05, 0) is 42.5 Å². The Morgan fingerprint density at radius 3 is 2.38 bits per heavy atom. The minimum absolute atomic E-state index is 0.0274. The van der Waals surface area contributed by atoms with Crippen LogP contribution in [-0.2, 0) is 14.3 Å². The number of carbonyl (C=O) groups excluding carboxylic acids is 2. The van der Waals surface area contributed by atoms with Gasteiger partial charge in [0.1, 0.15) is 5.75 Å². The minimum atomic E-state index is -0.511. The molecule has 5 nitrogen and oxygen atoms in total. The molecule has 0 fully saturated rings. The molecule has 2 atom stereocenters. The third kappa shape index (κ3) is 3.44. The predicted octanol–water partition coefficient (Wildman–Crippen LogP) is 3.93. The van der Waals surface area contributed by atoms with E-state index in [1.54, 1.807) is 24.3 Å². The molecule has 1 aliphatic carbocycles. The van der Waals surface area contributed by atoms with Gasteiger partial charge in [-0.2, -0.15) is 0 Å². The normalized spacial score (nSPS) is 21.5. The van der Waals surface area contributed by atoms with Crippen LogP contribution in [0.2, 0.25) is 0 Å².